The van der Waals surface area contributed by atoms with Crippen LogP contribution in [0.4, 0.5) is 5.82 Å². The summed E-state index contributed by atoms with van der Waals surface area (Å²) < 4.78 is 28.9. The van der Waals surface area contributed by atoms with Crippen LogP contribution in [0.1, 0.15) is 5.69 Å². The van der Waals surface area contributed by atoms with E-state index in [2.05, 4.69) is 25.1 Å². The quantitative estimate of drug-likeness (QED) is 0.382. The van der Waals surface area contributed by atoms with Crippen molar-refractivity contribution in [2.45, 2.75) is 11.6 Å². The molecule has 110 valence electrons. The summed E-state index contributed by atoms with van der Waals surface area (Å²) in [5, 5.41) is -0.0416. The largest absolute Gasteiger partial charge is 0.347 e. The molecular weight excluding hydrogens is 294 g/mol. The summed E-state index contributed by atoms with van der Waals surface area (Å²) in [6, 6.07) is 5.16. The van der Waals surface area contributed by atoms with Gasteiger partial charge in [0.05, 0.1) is 12.9 Å². The van der Waals surface area contributed by atoms with E-state index < -0.39 is 10.0 Å². The molecule has 3 heterocycles. The number of aromatic amines is 1. The summed E-state index contributed by atoms with van der Waals surface area (Å²) >= 11 is 0. The van der Waals surface area contributed by atoms with Gasteiger partial charge in [-0.25, -0.2) is 29.0 Å². The summed E-state index contributed by atoms with van der Waals surface area (Å²) in [4.78, 5) is 10.8. The van der Waals surface area contributed by atoms with Crippen molar-refractivity contribution in [1.29, 1.82) is 0 Å². The van der Waals surface area contributed by atoms with Crippen LogP contribution in [-0.2, 0) is 16.6 Å². The lowest BCUT2D eigenvalue weighted by Crippen LogP contribution is -2.26. The number of fused-ring (bicyclic) bond motifs is 1. The van der Waals surface area contributed by atoms with Crippen LogP contribution in [-0.4, -0.2) is 27.8 Å². The second-order valence-corrected chi connectivity index (χ2v) is 5.92. The molecule has 21 heavy (non-hydrogen) atoms. The predicted molar refractivity (Wildman–Crippen MR) is 75.6 cm³/mol. The first-order valence-corrected chi connectivity index (χ1v) is 7.51. The highest BCUT2D eigenvalue weighted by molar-refractivity contribution is 7.89. The second kappa shape index (κ2) is 5.16. The highest BCUT2D eigenvalue weighted by Gasteiger charge is 2.24. The molecule has 0 saturated carbocycles. The molecule has 3 aromatic rings. The van der Waals surface area contributed by atoms with Gasteiger partial charge in [0.2, 0.25) is 0 Å². The Balaban J connectivity index is 2.01. The first-order valence-electron chi connectivity index (χ1n) is 6.02. The summed E-state index contributed by atoms with van der Waals surface area (Å²) in [5.74, 6) is 5.45. The van der Waals surface area contributed by atoms with Gasteiger partial charge in [-0.05, 0) is 12.1 Å². The number of hydrogen-bond donors (Lipinski definition) is 4. The average Bonchev–Trinajstić information content (AvgIpc) is 3.12. The lowest BCUT2D eigenvalue weighted by molar-refractivity contribution is 0.576. The van der Waals surface area contributed by atoms with E-state index in [-0.39, 0.29) is 17.4 Å². The predicted octanol–water partition coefficient (Wildman–Crippen LogP) is -0.178. The van der Waals surface area contributed by atoms with Crippen LogP contribution in [0.3, 0.4) is 0 Å². The Labute approximate surface area is 120 Å². The lowest BCUT2D eigenvalue weighted by atomic mass is 10.5. The molecule has 3 aromatic heterocycles. The van der Waals surface area contributed by atoms with Crippen LogP contribution < -0.4 is 16.0 Å². The Hall–Kier alpha value is -2.43. The number of sulfonamides is 1. The maximum Gasteiger partial charge on any atom is 0.260 e. The second-order valence-electron chi connectivity index (χ2n) is 4.24. The number of H-pyrrole nitrogens is 1. The van der Waals surface area contributed by atoms with Gasteiger partial charge in [-0.2, -0.15) is 0 Å². The normalized spacial score (nSPS) is 11.9. The molecule has 0 atom stereocenters. The molecule has 5 N–H and O–H groups in total. The zero-order valence-electron chi connectivity index (χ0n) is 10.8. The number of nitrogens with zero attached hydrogens (tertiary/aromatic N) is 3. The minimum atomic E-state index is -3.80. The number of hydrazine groups is 1. The van der Waals surface area contributed by atoms with Crippen molar-refractivity contribution in [3.05, 3.63) is 42.6 Å². The molecular formula is C11H13N7O2S. The van der Waals surface area contributed by atoms with Crippen LogP contribution >= 0.6 is 0 Å². The highest BCUT2D eigenvalue weighted by Crippen LogP contribution is 2.21. The van der Waals surface area contributed by atoms with Gasteiger partial charge in [-0.1, -0.05) is 6.07 Å². The van der Waals surface area contributed by atoms with Gasteiger partial charge in [0.15, 0.2) is 10.8 Å². The van der Waals surface area contributed by atoms with Gasteiger partial charge >= 0.3 is 0 Å². The third-order valence-electron chi connectivity index (χ3n) is 2.88. The fourth-order valence-electron chi connectivity index (χ4n) is 1.95. The minimum Gasteiger partial charge on any atom is -0.347 e. The van der Waals surface area contributed by atoms with Crippen molar-refractivity contribution in [1.82, 2.24) is 24.1 Å². The maximum absolute atomic E-state index is 12.5. The molecule has 0 unspecified atom stereocenters. The number of aromatic nitrogens is 4. The third kappa shape index (κ3) is 2.46. The lowest BCUT2D eigenvalue weighted by Gasteiger charge is -2.07. The monoisotopic (exact) mass is 307 g/mol. The Morgan fingerprint density at radius 1 is 1.38 bits per heavy atom. The SMILES string of the molecule is NNc1nc2ccccn2c1S(=O)(=O)NCc1cnc[nH]1. The molecule has 0 aliphatic heterocycles. The van der Waals surface area contributed by atoms with E-state index in [0.717, 1.165) is 0 Å². The van der Waals surface area contributed by atoms with E-state index in [1.807, 2.05) is 0 Å². The van der Waals surface area contributed by atoms with E-state index in [4.69, 9.17) is 5.84 Å². The summed E-state index contributed by atoms with van der Waals surface area (Å²) in [6.07, 6.45) is 4.62. The number of nitrogen functional groups attached to an aromatic ring is 1. The average molecular weight is 307 g/mol. The number of nitrogens with two attached hydrogens (primary N) is 1. The molecule has 3 rings (SSSR count). The van der Waals surface area contributed by atoms with E-state index in [0.29, 0.717) is 11.3 Å². The molecule has 0 radical (unpaired) electrons. The van der Waals surface area contributed by atoms with E-state index in [1.165, 1.54) is 10.7 Å². The number of nitrogens with one attached hydrogen (secondary N) is 3. The molecule has 0 saturated heterocycles. The highest BCUT2D eigenvalue weighted by atomic mass is 32.2. The first kappa shape index (κ1) is 13.5. The minimum absolute atomic E-state index is 0.0416. The van der Waals surface area contributed by atoms with Crippen molar-refractivity contribution in [3.8, 4) is 0 Å². The zero-order chi connectivity index (χ0) is 14.9. The van der Waals surface area contributed by atoms with Crippen molar-refractivity contribution in [3.63, 3.8) is 0 Å². The number of hydrogen-bond acceptors (Lipinski definition) is 6. The van der Waals surface area contributed by atoms with Gasteiger partial charge < -0.3 is 10.4 Å². The molecule has 0 aliphatic carbocycles. The van der Waals surface area contributed by atoms with Crippen molar-refractivity contribution in [2.75, 3.05) is 5.43 Å². The van der Waals surface area contributed by atoms with Crippen LogP contribution in [0.2, 0.25) is 0 Å². The van der Waals surface area contributed by atoms with Crippen LogP contribution in [0.15, 0.2) is 41.9 Å². The van der Waals surface area contributed by atoms with Crippen LogP contribution in [0.25, 0.3) is 5.65 Å². The topological polar surface area (TPSA) is 130 Å². The van der Waals surface area contributed by atoms with E-state index in [1.54, 1.807) is 30.6 Å². The molecule has 0 amide bonds. The van der Waals surface area contributed by atoms with Crippen molar-refractivity contribution < 1.29 is 8.42 Å². The van der Waals surface area contributed by atoms with Gasteiger partial charge in [0.1, 0.15) is 5.65 Å². The van der Waals surface area contributed by atoms with Gasteiger partial charge in [-0.3, -0.25) is 4.40 Å². The molecule has 10 heteroatoms. The fraction of sp³-hybridized carbons (Fsp3) is 0.0909. The van der Waals surface area contributed by atoms with Crippen molar-refractivity contribution >= 4 is 21.5 Å². The molecule has 0 bridgehead atoms. The van der Waals surface area contributed by atoms with E-state index >= 15 is 0 Å². The van der Waals surface area contributed by atoms with Crippen LogP contribution in [0.5, 0.6) is 0 Å². The summed E-state index contributed by atoms with van der Waals surface area (Å²) in [7, 11) is -3.80. The molecule has 0 spiro atoms. The Morgan fingerprint density at radius 2 is 2.24 bits per heavy atom. The van der Waals surface area contributed by atoms with Crippen molar-refractivity contribution in [2.24, 2.45) is 5.84 Å². The van der Waals surface area contributed by atoms with Gasteiger partial charge in [0, 0.05) is 18.1 Å². The molecule has 0 aliphatic rings. The van der Waals surface area contributed by atoms with Gasteiger partial charge in [-0.15, -0.1) is 0 Å². The maximum atomic E-state index is 12.5. The fourth-order valence-corrected chi connectivity index (χ4v) is 3.20. The molecule has 9 nitrogen and oxygen atoms in total. The molecule has 0 fully saturated rings. The zero-order valence-corrected chi connectivity index (χ0v) is 11.6. The van der Waals surface area contributed by atoms with Gasteiger partial charge in [0.25, 0.3) is 10.0 Å². The first-order chi connectivity index (χ1) is 10.1. The Kier molecular flexibility index (Phi) is 3.33. The summed E-state index contributed by atoms with van der Waals surface area (Å²) in [5.41, 5.74) is 3.44. The number of anilines is 1. The third-order valence-corrected chi connectivity index (χ3v) is 4.31. The van der Waals surface area contributed by atoms with Crippen LogP contribution in [0, 0.1) is 0 Å². The number of pyridine rings is 1. The smallest absolute Gasteiger partial charge is 0.260 e. The number of imidazole rings is 2. The summed E-state index contributed by atoms with van der Waals surface area (Å²) in [6.45, 7) is 0.0897. The molecule has 0 aromatic carbocycles. The van der Waals surface area contributed by atoms with E-state index in [9.17, 15) is 8.42 Å². The standard InChI is InChI=1S/C11H13N7O2S/c12-17-10-11(18-4-2-1-3-9(18)16-10)21(19,20)15-6-8-5-13-7-14-8/h1-5,7,15,17H,6,12H2,(H,13,14). The number of rotatable bonds is 5. The Morgan fingerprint density at radius 3 is 2.95 bits per heavy atom. The Bertz CT molecular complexity index is 854.